The van der Waals surface area contributed by atoms with Crippen LogP contribution in [-0.2, 0) is 0 Å². The van der Waals surface area contributed by atoms with E-state index in [1.54, 1.807) is 0 Å². The van der Waals surface area contributed by atoms with Gasteiger partial charge in [-0.3, -0.25) is 4.79 Å². The highest BCUT2D eigenvalue weighted by molar-refractivity contribution is 5.91. The quantitative estimate of drug-likeness (QED) is 0.689. The smallest absolute Gasteiger partial charge is 0.273 e. The Bertz CT molecular complexity index is 268. The van der Waals surface area contributed by atoms with Gasteiger partial charge in [0.1, 0.15) is 0 Å². The highest BCUT2D eigenvalue weighted by Crippen LogP contribution is 2.01. The molecule has 5 nitrogen and oxygen atoms in total. The number of hydrogen-bond donors (Lipinski definition) is 2. The summed E-state index contributed by atoms with van der Waals surface area (Å²) >= 11 is 0. The zero-order valence-corrected chi connectivity index (χ0v) is 8.58. The lowest BCUT2D eigenvalue weighted by atomic mass is 10.1. The number of nitrogens with one attached hydrogen (secondary N) is 2. The van der Waals surface area contributed by atoms with Gasteiger partial charge in [-0.25, -0.2) is 0 Å². The third-order valence-corrected chi connectivity index (χ3v) is 1.89. The maximum Gasteiger partial charge on any atom is 0.273 e. The Morgan fingerprint density at radius 2 is 2.43 bits per heavy atom. The van der Waals surface area contributed by atoms with Crippen molar-refractivity contribution in [2.75, 3.05) is 6.54 Å². The van der Waals surface area contributed by atoms with E-state index >= 15 is 0 Å². The van der Waals surface area contributed by atoms with Gasteiger partial charge in [0.05, 0.1) is 6.20 Å². The number of aromatic nitrogens is 3. The van der Waals surface area contributed by atoms with Gasteiger partial charge in [0.2, 0.25) is 0 Å². The fraction of sp³-hybridized carbons (Fsp3) is 0.667. The number of amides is 1. The number of H-pyrrole nitrogens is 1. The van der Waals surface area contributed by atoms with E-state index in [1.165, 1.54) is 6.20 Å². The molecule has 0 saturated heterocycles. The molecule has 0 unspecified atom stereocenters. The third-order valence-electron chi connectivity index (χ3n) is 1.89. The normalized spacial score (nSPS) is 10.5. The molecule has 0 aliphatic carbocycles. The van der Waals surface area contributed by atoms with Crippen molar-refractivity contribution in [1.82, 2.24) is 20.7 Å². The minimum Gasteiger partial charge on any atom is -0.351 e. The minimum atomic E-state index is -0.164. The molecule has 1 aromatic rings. The van der Waals surface area contributed by atoms with E-state index in [0.29, 0.717) is 18.2 Å². The van der Waals surface area contributed by atoms with Crippen LogP contribution < -0.4 is 5.32 Å². The molecular weight excluding hydrogens is 180 g/mol. The van der Waals surface area contributed by atoms with E-state index in [4.69, 9.17) is 0 Å². The van der Waals surface area contributed by atoms with Crippen LogP contribution in [0.15, 0.2) is 6.20 Å². The van der Waals surface area contributed by atoms with E-state index < -0.39 is 0 Å². The molecule has 2 N–H and O–H groups in total. The summed E-state index contributed by atoms with van der Waals surface area (Å²) in [6, 6.07) is 0. The predicted octanol–water partition coefficient (Wildman–Crippen LogP) is 0.971. The summed E-state index contributed by atoms with van der Waals surface area (Å²) in [7, 11) is 0. The summed E-state index contributed by atoms with van der Waals surface area (Å²) in [4.78, 5) is 11.3. The summed E-state index contributed by atoms with van der Waals surface area (Å²) in [5, 5.41) is 12.4. The molecule has 0 bridgehead atoms. The Kier molecular flexibility index (Phi) is 4.10. The van der Waals surface area contributed by atoms with E-state index in [1.807, 2.05) is 0 Å². The number of nitrogens with zero attached hydrogens (tertiary/aromatic N) is 2. The predicted molar refractivity (Wildman–Crippen MR) is 52.8 cm³/mol. The van der Waals surface area contributed by atoms with Gasteiger partial charge in [0.25, 0.3) is 5.91 Å². The molecule has 1 aromatic heterocycles. The molecule has 1 amide bonds. The maximum atomic E-state index is 11.3. The Hall–Kier alpha value is -1.39. The van der Waals surface area contributed by atoms with Crippen LogP contribution in [-0.4, -0.2) is 27.9 Å². The van der Waals surface area contributed by atoms with Crippen molar-refractivity contribution in [3.8, 4) is 0 Å². The molecule has 0 aliphatic heterocycles. The second-order valence-electron chi connectivity index (χ2n) is 3.65. The summed E-state index contributed by atoms with van der Waals surface area (Å²) < 4.78 is 0. The van der Waals surface area contributed by atoms with Crippen molar-refractivity contribution in [1.29, 1.82) is 0 Å². The molecule has 0 aliphatic rings. The van der Waals surface area contributed by atoms with Gasteiger partial charge in [0, 0.05) is 6.54 Å². The van der Waals surface area contributed by atoms with E-state index in [-0.39, 0.29) is 5.91 Å². The largest absolute Gasteiger partial charge is 0.351 e. The zero-order chi connectivity index (χ0) is 10.4. The second-order valence-corrected chi connectivity index (χ2v) is 3.65. The standard InChI is InChI=1S/C9H16N4O/c1-7(2)4-3-5-10-9(14)8-6-11-13-12-8/h6-7H,3-5H2,1-2H3,(H,10,14)(H,11,12,13). The van der Waals surface area contributed by atoms with Crippen LogP contribution in [0.4, 0.5) is 0 Å². The summed E-state index contributed by atoms with van der Waals surface area (Å²) in [6.45, 7) is 5.03. The number of aromatic amines is 1. The summed E-state index contributed by atoms with van der Waals surface area (Å²) in [6.07, 6.45) is 3.54. The monoisotopic (exact) mass is 196 g/mol. The Labute approximate surface area is 83.3 Å². The van der Waals surface area contributed by atoms with Gasteiger partial charge in [-0.2, -0.15) is 15.4 Å². The molecular formula is C9H16N4O. The first-order valence-electron chi connectivity index (χ1n) is 4.84. The van der Waals surface area contributed by atoms with Crippen molar-refractivity contribution in [2.45, 2.75) is 26.7 Å². The van der Waals surface area contributed by atoms with Crippen LogP contribution >= 0.6 is 0 Å². The van der Waals surface area contributed by atoms with E-state index in [0.717, 1.165) is 12.8 Å². The fourth-order valence-electron chi connectivity index (χ4n) is 1.11. The van der Waals surface area contributed by atoms with E-state index in [9.17, 15) is 4.79 Å². The Morgan fingerprint density at radius 1 is 1.64 bits per heavy atom. The Morgan fingerprint density at radius 3 is 3.00 bits per heavy atom. The molecule has 5 heteroatoms. The van der Waals surface area contributed by atoms with Crippen LogP contribution in [0.3, 0.4) is 0 Å². The molecule has 0 fully saturated rings. The van der Waals surface area contributed by atoms with E-state index in [2.05, 4.69) is 34.6 Å². The van der Waals surface area contributed by atoms with Gasteiger partial charge < -0.3 is 5.32 Å². The molecule has 0 saturated carbocycles. The number of carbonyl (C=O) groups excluding carboxylic acids is 1. The van der Waals surface area contributed by atoms with Crippen molar-refractivity contribution in [2.24, 2.45) is 5.92 Å². The van der Waals surface area contributed by atoms with Crippen LogP contribution in [0.25, 0.3) is 0 Å². The van der Waals surface area contributed by atoms with Crippen LogP contribution in [0.1, 0.15) is 37.2 Å². The number of hydrogen-bond acceptors (Lipinski definition) is 3. The lowest BCUT2D eigenvalue weighted by Crippen LogP contribution is -2.25. The molecule has 0 spiro atoms. The second kappa shape index (κ2) is 5.36. The van der Waals surface area contributed by atoms with Crippen molar-refractivity contribution < 1.29 is 4.79 Å². The summed E-state index contributed by atoms with van der Waals surface area (Å²) in [5.74, 6) is 0.515. The lowest BCUT2D eigenvalue weighted by molar-refractivity contribution is 0.0947. The number of carbonyl (C=O) groups is 1. The molecule has 0 aromatic carbocycles. The SMILES string of the molecule is CC(C)CCCNC(=O)c1cn[nH]n1. The minimum absolute atomic E-state index is 0.164. The van der Waals surface area contributed by atoms with Gasteiger partial charge in [0.15, 0.2) is 5.69 Å². The topological polar surface area (TPSA) is 70.7 Å². The van der Waals surface area contributed by atoms with Crippen molar-refractivity contribution in [3.63, 3.8) is 0 Å². The Balaban J connectivity index is 2.16. The average molecular weight is 196 g/mol. The zero-order valence-electron chi connectivity index (χ0n) is 8.58. The number of rotatable bonds is 5. The van der Waals surface area contributed by atoms with Gasteiger partial charge in [-0.05, 0) is 18.8 Å². The van der Waals surface area contributed by atoms with Crippen molar-refractivity contribution in [3.05, 3.63) is 11.9 Å². The highest BCUT2D eigenvalue weighted by atomic mass is 16.1. The lowest BCUT2D eigenvalue weighted by Gasteiger charge is -2.04. The first kappa shape index (κ1) is 10.7. The molecule has 1 heterocycles. The first-order valence-corrected chi connectivity index (χ1v) is 4.84. The average Bonchev–Trinajstić information content (AvgIpc) is 2.64. The van der Waals surface area contributed by atoms with Crippen LogP contribution in [0.2, 0.25) is 0 Å². The van der Waals surface area contributed by atoms with Gasteiger partial charge >= 0.3 is 0 Å². The fourth-order valence-corrected chi connectivity index (χ4v) is 1.11. The molecule has 78 valence electrons. The molecule has 14 heavy (non-hydrogen) atoms. The molecule has 1 rings (SSSR count). The highest BCUT2D eigenvalue weighted by Gasteiger charge is 2.06. The van der Waals surface area contributed by atoms with Crippen LogP contribution in [0, 0.1) is 5.92 Å². The summed E-state index contributed by atoms with van der Waals surface area (Å²) in [5.41, 5.74) is 0.342. The maximum absolute atomic E-state index is 11.3. The third kappa shape index (κ3) is 3.55. The first-order chi connectivity index (χ1) is 6.70. The van der Waals surface area contributed by atoms with Crippen LogP contribution in [0.5, 0.6) is 0 Å². The molecule has 0 atom stereocenters. The van der Waals surface area contributed by atoms with Gasteiger partial charge in [-0.1, -0.05) is 13.8 Å². The van der Waals surface area contributed by atoms with Gasteiger partial charge in [-0.15, -0.1) is 0 Å². The molecule has 0 radical (unpaired) electrons. The van der Waals surface area contributed by atoms with Crippen molar-refractivity contribution >= 4 is 5.91 Å².